The molecular formula is C14H14O. The highest BCUT2D eigenvalue weighted by Gasteiger charge is 2.05. The molecule has 0 heterocycles. The summed E-state index contributed by atoms with van der Waals surface area (Å²) < 4.78 is 5.80. The molecule has 0 amide bonds. The monoisotopic (exact) mass is 198 g/mol. The fraction of sp³-hybridized carbons (Fsp3) is 0.143. The van der Waals surface area contributed by atoms with E-state index < -0.39 is 0 Å². The van der Waals surface area contributed by atoms with Crippen molar-refractivity contribution in [2.24, 2.45) is 0 Å². The minimum absolute atomic E-state index is 0.0913. The van der Waals surface area contributed by atoms with Crippen LogP contribution in [0.15, 0.2) is 60.7 Å². The molecule has 0 saturated heterocycles. The van der Waals surface area contributed by atoms with E-state index >= 15 is 0 Å². The first kappa shape index (κ1) is 9.78. The van der Waals surface area contributed by atoms with Crippen molar-refractivity contribution < 1.29 is 4.74 Å². The maximum atomic E-state index is 5.80. The van der Waals surface area contributed by atoms with Crippen LogP contribution in [-0.4, -0.2) is 0 Å². The minimum Gasteiger partial charge on any atom is -0.486 e. The van der Waals surface area contributed by atoms with Gasteiger partial charge < -0.3 is 4.74 Å². The summed E-state index contributed by atoms with van der Waals surface area (Å²) >= 11 is 0. The summed E-state index contributed by atoms with van der Waals surface area (Å²) in [6, 6.07) is 20.1. The van der Waals surface area contributed by atoms with Crippen molar-refractivity contribution in [1.29, 1.82) is 0 Å². The van der Waals surface area contributed by atoms with Crippen molar-refractivity contribution in [3.63, 3.8) is 0 Å². The lowest BCUT2D eigenvalue weighted by Crippen LogP contribution is -2.02. The van der Waals surface area contributed by atoms with Crippen LogP contribution < -0.4 is 4.74 Å². The van der Waals surface area contributed by atoms with Gasteiger partial charge in [0.2, 0.25) is 0 Å². The van der Waals surface area contributed by atoms with Gasteiger partial charge in [-0.25, -0.2) is 0 Å². The van der Waals surface area contributed by atoms with Gasteiger partial charge in [-0.15, -0.1) is 0 Å². The molecule has 0 aliphatic heterocycles. The molecule has 1 heteroatoms. The summed E-state index contributed by atoms with van der Waals surface area (Å²) in [7, 11) is 0. The van der Waals surface area contributed by atoms with Gasteiger partial charge >= 0.3 is 0 Å². The average Bonchev–Trinajstić information content (AvgIpc) is 2.31. The zero-order chi connectivity index (χ0) is 10.5. The Hall–Kier alpha value is -1.76. The van der Waals surface area contributed by atoms with E-state index in [9.17, 15) is 0 Å². The Kier molecular flexibility index (Phi) is 3.03. The summed E-state index contributed by atoms with van der Waals surface area (Å²) in [5.74, 6) is 0.911. The Morgan fingerprint density at radius 3 is 1.93 bits per heavy atom. The molecule has 0 aliphatic rings. The van der Waals surface area contributed by atoms with E-state index in [1.54, 1.807) is 0 Å². The van der Waals surface area contributed by atoms with Gasteiger partial charge in [-0.2, -0.15) is 0 Å². The standard InChI is InChI=1S/C14H14O/c1-12(13-8-4-2-5-9-13)15-14-10-6-3-7-11-14/h2-12H,1H3. The molecule has 0 aromatic heterocycles. The predicted octanol–water partition coefficient (Wildman–Crippen LogP) is 3.83. The quantitative estimate of drug-likeness (QED) is 0.728. The van der Waals surface area contributed by atoms with Gasteiger partial charge in [0.25, 0.3) is 0 Å². The maximum absolute atomic E-state index is 5.80. The van der Waals surface area contributed by atoms with Crippen LogP contribution in [0.2, 0.25) is 0 Å². The van der Waals surface area contributed by atoms with Crippen LogP contribution in [-0.2, 0) is 0 Å². The van der Waals surface area contributed by atoms with Crippen LogP contribution in [0, 0.1) is 0 Å². The lowest BCUT2D eigenvalue weighted by Gasteiger charge is -2.14. The second kappa shape index (κ2) is 4.65. The number of rotatable bonds is 3. The Morgan fingerprint density at radius 2 is 1.33 bits per heavy atom. The van der Waals surface area contributed by atoms with E-state index in [0.717, 1.165) is 5.75 Å². The van der Waals surface area contributed by atoms with Crippen LogP contribution in [0.25, 0.3) is 0 Å². The fourth-order valence-electron chi connectivity index (χ4n) is 1.50. The zero-order valence-electron chi connectivity index (χ0n) is 8.76. The summed E-state index contributed by atoms with van der Waals surface area (Å²) in [6.07, 6.45) is 0.0913. The van der Waals surface area contributed by atoms with Gasteiger partial charge in [-0.3, -0.25) is 0 Å². The molecule has 1 nitrogen and oxygen atoms in total. The summed E-state index contributed by atoms with van der Waals surface area (Å²) in [5.41, 5.74) is 1.20. The lowest BCUT2D eigenvalue weighted by molar-refractivity contribution is 0.227. The number of ether oxygens (including phenoxy) is 1. The van der Waals surface area contributed by atoms with Crippen molar-refractivity contribution >= 4 is 0 Å². The fourth-order valence-corrected chi connectivity index (χ4v) is 1.50. The van der Waals surface area contributed by atoms with Crippen molar-refractivity contribution in [2.75, 3.05) is 0 Å². The van der Waals surface area contributed by atoms with Crippen LogP contribution in [0.3, 0.4) is 0 Å². The highest BCUT2D eigenvalue weighted by Crippen LogP contribution is 2.20. The van der Waals surface area contributed by atoms with Gasteiger partial charge in [0.05, 0.1) is 0 Å². The third-order valence-electron chi connectivity index (χ3n) is 2.33. The first-order valence-corrected chi connectivity index (χ1v) is 5.13. The van der Waals surface area contributed by atoms with Crippen molar-refractivity contribution in [2.45, 2.75) is 13.0 Å². The maximum Gasteiger partial charge on any atom is 0.121 e. The van der Waals surface area contributed by atoms with Gasteiger partial charge in [-0.1, -0.05) is 48.5 Å². The van der Waals surface area contributed by atoms with E-state index in [4.69, 9.17) is 4.74 Å². The first-order valence-electron chi connectivity index (χ1n) is 5.13. The molecule has 76 valence electrons. The summed E-state index contributed by atoms with van der Waals surface area (Å²) in [5, 5.41) is 0. The molecule has 1 unspecified atom stereocenters. The van der Waals surface area contributed by atoms with Crippen LogP contribution in [0.4, 0.5) is 0 Å². The van der Waals surface area contributed by atoms with Gasteiger partial charge in [0, 0.05) is 0 Å². The van der Waals surface area contributed by atoms with E-state index in [1.807, 2.05) is 48.5 Å². The molecule has 1 atom stereocenters. The molecule has 2 rings (SSSR count). The normalized spacial score (nSPS) is 12.1. The topological polar surface area (TPSA) is 9.23 Å². The molecule has 0 spiro atoms. The molecular weight excluding hydrogens is 184 g/mol. The highest BCUT2D eigenvalue weighted by atomic mass is 16.5. The zero-order valence-corrected chi connectivity index (χ0v) is 8.76. The Bertz CT molecular complexity index is 394. The molecule has 0 radical (unpaired) electrons. The van der Waals surface area contributed by atoms with Crippen molar-refractivity contribution in [3.05, 3.63) is 66.2 Å². The molecule has 0 fully saturated rings. The Labute approximate surface area is 90.3 Å². The molecule has 0 aliphatic carbocycles. The SMILES string of the molecule is CC(Oc1ccccc1)c1ccccc1. The highest BCUT2D eigenvalue weighted by molar-refractivity contribution is 5.24. The second-order valence-electron chi connectivity index (χ2n) is 3.48. The largest absolute Gasteiger partial charge is 0.486 e. The van der Waals surface area contributed by atoms with Gasteiger partial charge in [0.15, 0.2) is 0 Å². The van der Waals surface area contributed by atoms with Crippen molar-refractivity contribution in [1.82, 2.24) is 0 Å². The number of benzene rings is 2. The summed E-state index contributed by atoms with van der Waals surface area (Å²) in [6.45, 7) is 2.06. The van der Waals surface area contributed by atoms with E-state index in [0.29, 0.717) is 0 Å². The molecule has 0 saturated carbocycles. The third-order valence-corrected chi connectivity index (χ3v) is 2.33. The number of para-hydroxylation sites is 1. The van der Waals surface area contributed by atoms with Crippen LogP contribution >= 0.6 is 0 Å². The van der Waals surface area contributed by atoms with Gasteiger partial charge in [0.1, 0.15) is 11.9 Å². The Balaban J connectivity index is 2.08. The van der Waals surface area contributed by atoms with E-state index in [2.05, 4.69) is 19.1 Å². The summed E-state index contributed by atoms with van der Waals surface area (Å²) in [4.78, 5) is 0. The third kappa shape index (κ3) is 2.59. The molecule has 0 N–H and O–H groups in total. The molecule has 2 aromatic carbocycles. The van der Waals surface area contributed by atoms with E-state index in [-0.39, 0.29) is 6.10 Å². The first-order chi connectivity index (χ1) is 7.36. The van der Waals surface area contributed by atoms with Crippen molar-refractivity contribution in [3.8, 4) is 5.75 Å². The molecule has 2 aromatic rings. The molecule has 15 heavy (non-hydrogen) atoms. The van der Waals surface area contributed by atoms with Crippen LogP contribution in [0.5, 0.6) is 5.75 Å². The number of hydrogen-bond acceptors (Lipinski definition) is 1. The average molecular weight is 198 g/mol. The lowest BCUT2D eigenvalue weighted by atomic mass is 10.1. The number of hydrogen-bond donors (Lipinski definition) is 0. The van der Waals surface area contributed by atoms with Crippen LogP contribution in [0.1, 0.15) is 18.6 Å². The van der Waals surface area contributed by atoms with E-state index in [1.165, 1.54) is 5.56 Å². The smallest absolute Gasteiger partial charge is 0.121 e. The molecule has 0 bridgehead atoms. The minimum atomic E-state index is 0.0913. The Morgan fingerprint density at radius 1 is 0.800 bits per heavy atom. The predicted molar refractivity (Wildman–Crippen MR) is 61.9 cm³/mol. The van der Waals surface area contributed by atoms with Gasteiger partial charge in [-0.05, 0) is 24.6 Å². The second-order valence-corrected chi connectivity index (χ2v) is 3.48.